The van der Waals surface area contributed by atoms with Gasteiger partial charge in [-0.2, -0.15) is 0 Å². The Kier molecular flexibility index (Phi) is 7.79. The van der Waals surface area contributed by atoms with Crippen molar-refractivity contribution in [3.8, 4) is 16.9 Å². The standard InChI is InChI=1S/C26H28N6O3/c1-17(2)34-11-12-35-21-15-22(18(3)28-16-21)20-9-10-27-23(14-20)30-26(33)25-29-24(31-32-25)13-19-7-5-4-6-8-19/h4-10,14-17H,11-13H2,1-3H3,(H,27,30,33)(H,29,31,32). The van der Waals surface area contributed by atoms with Gasteiger partial charge in [0.2, 0.25) is 5.82 Å². The van der Waals surface area contributed by atoms with Crippen LogP contribution in [0.3, 0.4) is 0 Å². The predicted octanol–water partition coefficient (Wildman–Crippen LogP) is 4.22. The predicted molar refractivity (Wildman–Crippen MR) is 132 cm³/mol. The second-order valence-corrected chi connectivity index (χ2v) is 8.22. The highest BCUT2D eigenvalue weighted by molar-refractivity contribution is 6.01. The number of anilines is 1. The fourth-order valence-electron chi connectivity index (χ4n) is 3.43. The van der Waals surface area contributed by atoms with Gasteiger partial charge < -0.3 is 14.8 Å². The van der Waals surface area contributed by atoms with E-state index in [-0.39, 0.29) is 11.9 Å². The van der Waals surface area contributed by atoms with E-state index in [0.717, 1.165) is 22.4 Å². The summed E-state index contributed by atoms with van der Waals surface area (Å²) < 4.78 is 11.3. The van der Waals surface area contributed by atoms with E-state index in [1.807, 2.05) is 63.2 Å². The van der Waals surface area contributed by atoms with E-state index in [9.17, 15) is 4.79 Å². The molecule has 0 aliphatic rings. The molecule has 9 nitrogen and oxygen atoms in total. The second kappa shape index (κ2) is 11.3. The molecular formula is C26H28N6O3. The Morgan fingerprint density at radius 3 is 2.71 bits per heavy atom. The van der Waals surface area contributed by atoms with Gasteiger partial charge in [0.1, 0.15) is 24.0 Å². The maximum absolute atomic E-state index is 12.7. The van der Waals surface area contributed by atoms with Crippen LogP contribution in [0.1, 0.15) is 41.5 Å². The molecule has 180 valence electrons. The molecule has 4 aromatic rings. The SMILES string of the molecule is Cc1ncc(OCCOC(C)C)cc1-c1ccnc(NC(=O)c2n[nH]c(Cc3ccccc3)n2)c1. The van der Waals surface area contributed by atoms with Gasteiger partial charge in [-0.3, -0.25) is 14.9 Å². The Morgan fingerprint density at radius 2 is 1.91 bits per heavy atom. The molecule has 0 saturated heterocycles. The smallest absolute Gasteiger partial charge is 0.296 e. The number of rotatable bonds is 10. The van der Waals surface area contributed by atoms with Crippen molar-refractivity contribution in [1.29, 1.82) is 0 Å². The third-order valence-electron chi connectivity index (χ3n) is 5.13. The van der Waals surface area contributed by atoms with Gasteiger partial charge in [-0.25, -0.2) is 9.97 Å². The van der Waals surface area contributed by atoms with E-state index in [4.69, 9.17) is 9.47 Å². The fourth-order valence-corrected chi connectivity index (χ4v) is 3.43. The van der Waals surface area contributed by atoms with Crippen LogP contribution in [0.4, 0.5) is 5.82 Å². The summed E-state index contributed by atoms with van der Waals surface area (Å²) in [6, 6.07) is 15.4. The largest absolute Gasteiger partial charge is 0.490 e. The van der Waals surface area contributed by atoms with Gasteiger partial charge in [-0.1, -0.05) is 30.3 Å². The molecule has 3 aromatic heterocycles. The summed E-state index contributed by atoms with van der Waals surface area (Å²) in [5.74, 6) is 1.26. The average molecular weight is 473 g/mol. The molecule has 0 bridgehead atoms. The van der Waals surface area contributed by atoms with Gasteiger partial charge in [0.15, 0.2) is 0 Å². The number of carbonyl (C=O) groups excluding carboxylic acids is 1. The molecule has 0 saturated carbocycles. The summed E-state index contributed by atoms with van der Waals surface area (Å²) in [6.07, 6.45) is 4.04. The number of H-pyrrole nitrogens is 1. The topological polar surface area (TPSA) is 115 Å². The van der Waals surface area contributed by atoms with Gasteiger partial charge in [0, 0.05) is 23.9 Å². The summed E-state index contributed by atoms with van der Waals surface area (Å²) in [4.78, 5) is 25.7. The van der Waals surface area contributed by atoms with Crippen LogP contribution in [0.25, 0.3) is 11.1 Å². The van der Waals surface area contributed by atoms with E-state index < -0.39 is 5.91 Å². The molecule has 2 N–H and O–H groups in total. The van der Waals surface area contributed by atoms with Crippen LogP contribution < -0.4 is 10.1 Å². The van der Waals surface area contributed by atoms with E-state index in [2.05, 4.69) is 30.5 Å². The quantitative estimate of drug-likeness (QED) is 0.332. The van der Waals surface area contributed by atoms with Crippen LogP contribution in [0.2, 0.25) is 0 Å². The summed E-state index contributed by atoms with van der Waals surface area (Å²) in [6.45, 7) is 6.82. The molecule has 0 aliphatic carbocycles. The number of hydrogen-bond acceptors (Lipinski definition) is 7. The highest BCUT2D eigenvalue weighted by atomic mass is 16.5. The maximum Gasteiger partial charge on any atom is 0.296 e. The number of amides is 1. The normalized spacial score (nSPS) is 11.0. The number of nitrogens with zero attached hydrogens (tertiary/aromatic N) is 4. The van der Waals surface area contributed by atoms with Crippen molar-refractivity contribution in [2.75, 3.05) is 18.5 Å². The minimum Gasteiger partial charge on any atom is -0.490 e. The number of aromatic nitrogens is 5. The third kappa shape index (κ3) is 6.70. The highest BCUT2D eigenvalue weighted by Gasteiger charge is 2.15. The van der Waals surface area contributed by atoms with Crippen molar-refractivity contribution in [2.24, 2.45) is 0 Å². The number of carbonyl (C=O) groups is 1. The maximum atomic E-state index is 12.7. The lowest BCUT2D eigenvalue weighted by Crippen LogP contribution is -2.15. The van der Waals surface area contributed by atoms with Crippen molar-refractivity contribution < 1.29 is 14.3 Å². The zero-order valence-corrected chi connectivity index (χ0v) is 20.0. The van der Waals surface area contributed by atoms with Gasteiger partial charge in [-0.05, 0) is 50.1 Å². The molecule has 0 spiro atoms. The van der Waals surface area contributed by atoms with Crippen molar-refractivity contribution in [3.63, 3.8) is 0 Å². The Morgan fingerprint density at radius 1 is 1.09 bits per heavy atom. The number of hydrogen-bond donors (Lipinski definition) is 2. The molecule has 0 unspecified atom stereocenters. The summed E-state index contributed by atoms with van der Waals surface area (Å²) in [5.41, 5.74) is 3.64. The molecular weight excluding hydrogens is 444 g/mol. The highest BCUT2D eigenvalue weighted by Crippen LogP contribution is 2.27. The number of benzene rings is 1. The molecule has 9 heteroatoms. The van der Waals surface area contributed by atoms with Crippen molar-refractivity contribution in [3.05, 3.63) is 83.8 Å². The number of nitrogens with one attached hydrogen (secondary N) is 2. The van der Waals surface area contributed by atoms with Crippen molar-refractivity contribution >= 4 is 11.7 Å². The van der Waals surface area contributed by atoms with Gasteiger partial charge in [0.25, 0.3) is 5.91 Å². The van der Waals surface area contributed by atoms with Crippen molar-refractivity contribution in [2.45, 2.75) is 33.3 Å². The minimum absolute atomic E-state index is 0.0556. The second-order valence-electron chi connectivity index (χ2n) is 8.22. The Bertz CT molecular complexity index is 1270. The first kappa shape index (κ1) is 24.0. The Hall–Kier alpha value is -4.11. The lowest BCUT2D eigenvalue weighted by Gasteiger charge is -2.12. The minimum atomic E-state index is -0.442. The number of aromatic amines is 1. The lowest BCUT2D eigenvalue weighted by molar-refractivity contribution is 0.0552. The molecule has 0 atom stereocenters. The Labute approximate surface area is 204 Å². The van der Waals surface area contributed by atoms with Crippen molar-refractivity contribution in [1.82, 2.24) is 25.1 Å². The third-order valence-corrected chi connectivity index (χ3v) is 5.13. The average Bonchev–Trinajstić information content (AvgIpc) is 3.32. The zero-order chi connectivity index (χ0) is 24.6. The molecule has 3 heterocycles. The lowest BCUT2D eigenvalue weighted by atomic mass is 10.1. The molecule has 0 aliphatic heterocycles. The van der Waals surface area contributed by atoms with Gasteiger partial charge in [0.05, 0.1) is 18.9 Å². The van der Waals surface area contributed by atoms with Crippen LogP contribution in [-0.4, -0.2) is 50.4 Å². The summed E-state index contributed by atoms with van der Waals surface area (Å²) in [7, 11) is 0. The van der Waals surface area contributed by atoms with E-state index >= 15 is 0 Å². The first-order valence-electron chi connectivity index (χ1n) is 11.4. The molecule has 1 aromatic carbocycles. The molecule has 35 heavy (non-hydrogen) atoms. The first-order chi connectivity index (χ1) is 17.0. The monoisotopic (exact) mass is 472 g/mol. The summed E-state index contributed by atoms with van der Waals surface area (Å²) in [5, 5.41) is 9.64. The fraction of sp³-hybridized carbons (Fsp3) is 0.269. The molecule has 0 fully saturated rings. The van der Waals surface area contributed by atoms with Crippen LogP contribution in [0.5, 0.6) is 5.75 Å². The number of ether oxygens (including phenoxy) is 2. The first-order valence-corrected chi connectivity index (χ1v) is 11.4. The van der Waals surface area contributed by atoms with E-state index in [1.165, 1.54) is 0 Å². The zero-order valence-electron chi connectivity index (χ0n) is 20.0. The molecule has 0 radical (unpaired) electrons. The summed E-state index contributed by atoms with van der Waals surface area (Å²) >= 11 is 0. The van der Waals surface area contributed by atoms with E-state index in [0.29, 0.717) is 37.0 Å². The number of pyridine rings is 2. The number of aryl methyl sites for hydroxylation is 1. The van der Waals surface area contributed by atoms with Crippen LogP contribution in [0, 0.1) is 6.92 Å². The molecule has 4 rings (SSSR count). The van der Waals surface area contributed by atoms with E-state index in [1.54, 1.807) is 18.5 Å². The Balaban J connectivity index is 1.43. The van der Waals surface area contributed by atoms with Gasteiger partial charge >= 0.3 is 0 Å². The van der Waals surface area contributed by atoms with Crippen LogP contribution in [0.15, 0.2) is 60.9 Å². The van der Waals surface area contributed by atoms with Gasteiger partial charge in [-0.15, -0.1) is 5.10 Å². The van der Waals surface area contributed by atoms with Crippen LogP contribution in [-0.2, 0) is 11.2 Å². The van der Waals surface area contributed by atoms with Crippen LogP contribution >= 0.6 is 0 Å². The molecule has 1 amide bonds.